The maximum atomic E-state index is 12.0. The minimum Gasteiger partial charge on any atom is -0.493 e. The molecule has 0 aliphatic heterocycles. The molecule has 24 heavy (non-hydrogen) atoms. The van der Waals surface area contributed by atoms with Crippen LogP contribution in [-0.2, 0) is 11.3 Å². The molecular weight excluding hydrogens is 332 g/mol. The number of carbonyl (C=O) groups is 2. The first-order valence-electron chi connectivity index (χ1n) is 8.18. The van der Waals surface area contributed by atoms with Crippen molar-refractivity contribution >= 4 is 23.6 Å². The number of aliphatic carboxylic acids is 1. The summed E-state index contributed by atoms with van der Waals surface area (Å²) in [7, 11) is 0. The summed E-state index contributed by atoms with van der Waals surface area (Å²) in [6.45, 7) is 2.74. The Kier molecular flexibility index (Phi) is 6.73. The molecule has 0 aromatic heterocycles. The Morgan fingerprint density at radius 2 is 2.00 bits per heavy atom. The molecule has 1 fully saturated rings. The standard InChI is InChI=1S/C17H23ClN2O4/c1-2-24-15-9-13(18)6-3-12(15)10-19-17(23)20-14-7-4-11(5-8-14)16(21)22/h3,6,9,11,14H,2,4-5,7-8,10H2,1H3,(H,21,22)(H2,19,20,23). The first kappa shape index (κ1) is 18.4. The van der Waals surface area contributed by atoms with Gasteiger partial charge in [0.05, 0.1) is 12.5 Å². The lowest BCUT2D eigenvalue weighted by Crippen LogP contribution is -2.43. The van der Waals surface area contributed by atoms with Gasteiger partial charge in [-0.3, -0.25) is 4.79 Å². The zero-order chi connectivity index (χ0) is 17.5. The predicted molar refractivity (Wildman–Crippen MR) is 91.4 cm³/mol. The zero-order valence-corrected chi connectivity index (χ0v) is 14.4. The van der Waals surface area contributed by atoms with Crippen molar-refractivity contribution in [2.45, 2.75) is 45.2 Å². The van der Waals surface area contributed by atoms with E-state index in [9.17, 15) is 9.59 Å². The topological polar surface area (TPSA) is 87.7 Å². The average Bonchev–Trinajstić information content (AvgIpc) is 2.55. The van der Waals surface area contributed by atoms with E-state index >= 15 is 0 Å². The summed E-state index contributed by atoms with van der Waals surface area (Å²) in [6.07, 6.45) is 2.59. The van der Waals surface area contributed by atoms with Crippen LogP contribution in [-0.4, -0.2) is 29.8 Å². The van der Waals surface area contributed by atoms with Crippen molar-refractivity contribution in [2.75, 3.05) is 6.61 Å². The fourth-order valence-electron chi connectivity index (χ4n) is 2.86. The summed E-state index contributed by atoms with van der Waals surface area (Å²) < 4.78 is 5.52. The molecule has 0 unspecified atom stereocenters. The van der Waals surface area contributed by atoms with Crippen molar-refractivity contribution < 1.29 is 19.4 Å². The highest BCUT2D eigenvalue weighted by Crippen LogP contribution is 2.25. The van der Waals surface area contributed by atoms with Crippen molar-refractivity contribution in [1.82, 2.24) is 10.6 Å². The van der Waals surface area contributed by atoms with Gasteiger partial charge in [0.1, 0.15) is 5.75 Å². The van der Waals surface area contributed by atoms with Crippen LogP contribution in [0.1, 0.15) is 38.2 Å². The second-order valence-corrected chi connectivity index (χ2v) is 6.34. The molecule has 132 valence electrons. The van der Waals surface area contributed by atoms with Crippen LogP contribution in [0.2, 0.25) is 5.02 Å². The highest BCUT2D eigenvalue weighted by Gasteiger charge is 2.26. The number of nitrogens with one attached hydrogen (secondary N) is 2. The van der Waals surface area contributed by atoms with Gasteiger partial charge >= 0.3 is 12.0 Å². The highest BCUT2D eigenvalue weighted by molar-refractivity contribution is 6.30. The summed E-state index contributed by atoms with van der Waals surface area (Å²) in [5.41, 5.74) is 0.853. The summed E-state index contributed by atoms with van der Waals surface area (Å²) in [5.74, 6) is -0.370. The van der Waals surface area contributed by atoms with Crippen molar-refractivity contribution in [3.05, 3.63) is 28.8 Å². The Labute approximate surface area is 146 Å². The van der Waals surface area contributed by atoms with Crippen molar-refractivity contribution in [1.29, 1.82) is 0 Å². The van der Waals surface area contributed by atoms with E-state index in [0.717, 1.165) is 5.56 Å². The van der Waals surface area contributed by atoms with Crippen LogP contribution in [0.3, 0.4) is 0 Å². The van der Waals surface area contributed by atoms with E-state index in [-0.39, 0.29) is 18.0 Å². The Balaban J connectivity index is 1.81. The van der Waals surface area contributed by atoms with Gasteiger partial charge in [0.15, 0.2) is 0 Å². The number of rotatable bonds is 6. The Hall–Kier alpha value is -1.95. The van der Waals surface area contributed by atoms with E-state index in [1.807, 2.05) is 13.0 Å². The van der Waals surface area contributed by atoms with E-state index in [1.165, 1.54) is 0 Å². The van der Waals surface area contributed by atoms with Crippen LogP contribution >= 0.6 is 11.6 Å². The smallest absolute Gasteiger partial charge is 0.315 e. The number of amides is 2. The molecular formula is C17H23ClN2O4. The summed E-state index contributed by atoms with van der Waals surface area (Å²) in [4.78, 5) is 23.0. The van der Waals surface area contributed by atoms with Crippen LogP contribution in [0, 0.1) is 5.92 Å². The zero-order valence-electron chi connectivity index (χ0n) is 13.7. The first-order valence-corrected chi connectivity index (χ1v) is 8.55. The van der Waals surface area contributed by atoms with Crippen LogP contribution in [0.25, 0.3) is 0 Å². The van der Waals surface area contributed by atoms with Crippen molar-refractivity contribution in [3.8, 4) is 5.75 Å². The molecule has 2 amide bonds. The first-order chi connectivity index (χ1) is 11.5. The largest absolute Gasteiger partial charge is 0.493 e. The molecule has 7 heteroatoms. The molecule has 3 N–H and O–H groups in total. The van der Waals surface area contributed by atoms with Crippen LogP contribution in [0.4, 0.5) is 4.79 Å². The van der Waals surface area contributed by atoms with Gasteiger partial charge in [0.25, 0.3) is 0 Å². The summed E-state index contributed by atoms with van der Waals surface area (Å²) in [5, 5.41) is 15.3. The SMILES string of the molecule is CCOc1cc(Cl)ccc1CNC(=O)NC1CCC(C(=O)O)CC1. The van der Waals surface area contributed by atoms with E-state index in [2.05, 4.69) is 10.6 Å². The third-order valence-electron chi connectivity index (χ3n) is 4.18. The molecule has 2 rings (SSSR count). The lowest BCUT2D eigenvalue weighted by Gasteiger charge is -2.26. The third kappa shape index (κ3) is 5.30. The second kappa shape index (κ2) is 8.78. The molecule has 1 aromatic carbocycles. The number of hydrogen-bond acceptors (Lipinski definition) is 3. The molecule has 1 aliphatic rings. The van der Waals surface area contributed by atoms with Gasteiger partial charge in [0.2, 0.25) is 0 Å². The van der Waals surface area contributed by atoms with Gasteiger partial charge < -0.3 is 20.5 Å². The van der Waals surface area contributed by atoms with Gasteiger partial charge in [-0.1, -0.05) is 17.7 Å². The molecule has 0 spiro atoms. The molecule has 1 saturated carbocycles. The normalized spacial score (nSPS) is 20.2. The van der Waals surface area contributed by atoms with E-state index in [0.29, 0.717) is 49.6 Å². The number of urea groups is 1. The number of ether oxygens (including phenoxy) is 1. The lowest BCUT2D eigenvalue weighted by molar-refractivity contribution is -0.142. The monoisotopic (exact) mass is 354 g/mol. The fourth-order valence-corrected chi connectivity index (χ4v) is 3.02. The number of carboxylic acids is 1. The number of carboxylic acid groups (broad SMARTS) is 1. The third-order valence-corrected chi connectivity index (χ3v) is 4.42. The van der Waals surface area contributed by atoms with Crippen molar-refractivity contribution in [2.24, 2.45) is 5.92 Å². The quantitative estimate of drug-likeness (QED) is 0.732. The van der Waals surface area contributed by atoms with Gasteiger partial charge in [0, 0.05) is 23.2 Å². The van der Waals surface area contributed by atoms with Gasteiger partial charge in [-0.2, -0.15) is 0 Å². The average molecular weight is 355 g/mol. The van der Waals surface area contributed by atoms with Crippen LogP contribution < -0.4 is 15.4 Å². The van der Waals surface area contributed by atoms with Crippen LogP contribution in [0.15, 0.2) is 18.2 Å². The molecule has 1 aromatic rings. The molecule has 0 heterocycles. The Bertz CT molecular complexity index is 586. The maximum absolute atomic E-state index is 12.0. The van der Waals surface area contributed by atoms with Gasteiger partial charge in [-0.15, -0.1) is 0 Å². The number of hydrogen-bond donors (Lipinski definition) is 3. The fraction of sp³-hybridized carbons (Fsp3) is 0.529. The van der Waals surface area contributed by atoms with E-state index in [4.69, 9.17) is 21.4 Å². The molecule has 0 bridgehead atoms. The number of carbonyl (C=O) groups excluding carboxylic acids is 1. The molecule has 1 aliphatic carbocycles. The van der Waals surface area contributed by atoms with Gasteiger partial charge in [-0.05, 0) is 44.7 Å². The molecule has 6 nitrogen and oxygen atoms in total. The minimum absolute atomic E-state index is 0.0252. The molecule has 0 atom stereocenters. The molecule has 0 radical (unpaired) electrons. The highest BCUT2D eigenvalue weighted by atomic mass is 35.5. The van der Waals surface area contributed by atoms with Crippen LogP contribution in [0.5, 0.6) is 5.75 Å². The number of halogens is 1. The second-order valence-electron chi connectivity index (χ2n) is 5.90. The lowest BCUT2D eigenvalue weighted by atomic mass is 9.86. The predicted octanol–water partition coefficient (Wildman–Crippen LogP) is 3.18. The maximum Gasteiger partial charge on any atom is 0.315 e. The number of benzene rings is 1. The van der Waals surface area contributed by atoms with Crippen molar-refractivity contribution in [3.63, 3.8) is 0 Å². The van der Waals surface area contributed by atoms with E-state index in [1.54, 1.807) is 12.1 Å². The summed E-state index contributed by atoms with van der Waals surface area (Å²) >= 11 is 5.96. The summed E-state index contributed by atoms with van der Waals surface area (Å²) in [6, 6.07) is 5.08. The van der Waals surface area contributed by atoms with Gasteiger partial charge in [-0.25, -0.2) is 4.79 Å². The molecule has 0 saturated heterocycles. The Morgan fingerprint density at radius 3 is 2.62 bits per heavy atom. The Morgan fingerprint density at radius 1 is 1.29 bits per heavy atom. The van der Waals surface area contributed by atoms with E-state index < -0.39 is 5.97 Å². The minimum atomic E-state index is -0.746.